The van der Waals surface area contributed by atoms with E-state index in [4.69, 9.17) is 21.7 Å². The number of rotatable bonds is 8. The van der Waals surface area contributed by atoms with E-state index in [1.165, 1.54) is 18.4 Å². The van der Waals surface area contributed by atoms with E-state index >= 15 is 0 Å². The van der Waals surface area contributed by atoms with Gasteiger partial charge in [0.25, 0.3) is 5.17 Å². The average molecular weight is 456 g/mol. The number of benzene rings is 1. The SMILES string of the molecule is COC(=O)CCOc1cc2c(c(NN(O)Sc3cccs3)c1)CC(C)OC(=S)N2. The fourth-order valence-corrected chi connectivity index (χ4v) is 4.42. The van der Waals surface area contributed by atoms with E-state index < -0.39 is 0 Å². The molecule has 1 aliphatic heterocycles. The fourth-order valence-electron chi connectivity index (χ4n) is 2.69. The number of esters is 1. The van der Waals surface area contributed by atoms with Gasteiger partial charge >= 0.3 is 5.97 Å². The van der Waals surface area contributed by atoms with Gasteiger partial charge in [0.1, 0.15) is 11.9 Å². The zero-order valence-corrected chi connectivity index (χ0v) is 18.3. The summed E-state index contributed by atoms with van der Waals surface area (Å²) in [6, 6.07) is 7.37. The first-order valence-electron chi connectivity index (χ1n) is 8.76. The monoisotopic (exact) mass is 455 g/mol. The first-order valence-corrected chi connectivity index (χ1v) is 10.8. The maximum Gasteiger partial charge on any atom is 0.308 e. The number of ether oxygens (including phenoxy) is 3. The van der Waals surface area contributed by atoms with Crippen LogP contribution in [0.15, 0.2) is 33.9 Å². The van der Waals surface area contributed by atoms with E-state index in [0.29, 0.717) is 23.5 Å². The lowest BCUT2D eigenvalue weighted by Crippen LogP contribution is -2.20. The van der Waals surface area contributed by atoms with E-state index in [9.17, 15) is 10.0 Å². The van der Waals surface area contributed by atoms with Crippen molar-refractivity contribution < 1.29 is 24.2 Å². The second-order valence-electron chi connectivity index (χ2n) is 6.12. The molecule has 29 heavy (non-hydrogen) atoms. The van der Waals surface area contributed by atoms with Crippen LogP contribution in [-0.4, -0.2) is 40.7 Å². The molecule has 1 aromatic carbocycles. The number of hydrazine groups is 1. The molecule has 0 amide bonds. The molecule has 2 heterocycles. The number of thiocarbonyl (C=S) groups is 1. The van der Waals surface area contributed by atoms with E-state index in [1.807, 2.05) is 24.4 Å². The Labute approximate surface area is 182 Å². The summed E-state index contributed by atoms with van der Waals surface area (Å²) < 4.78 is 17.8. The number of methoxy groups -OCH3 is 1. The van der Waals surface area contributed by atoms with E-state index in [-0.39, 0.29) is 30.3 Å². The van der Waals surface area contributed by atoms with Crippen LogP contribution in [0.4, 0.5) is 11.4 Å². The van der Waals surface area contributed by atoms with Crippen LogP contribution in [0.1, 0.15) is 18.9 Å². The van der Waals surface area contributed by atoms with Crippen LogP contribution in [0.2, 0.25) is 0 Å². The highest BCUT2D eigenvalue weighted by Crippen LogP contribution is 2.36. The number of carbonyl (C=O) groups is 1. The minimum absolute atomic E-state index is 0.128. The Kier molecular flexibility index (Phi) is 7.56. The van der Waals surface area contributed by atoms with Crippen LogP contribution in [0, 0.1) is 0 Å². The van der Waals surface area contributed by atoms with Crippen molar-refractivity contribution in [2.45, 2.75) is 30.1 Å². The highest BCUT2D eigenvalue weighted by molar-refractivity contribution is 7.98. The van der Waals surface area contributed by atoms with Crippen LogP contribution >= 0.6 is 35.5 Å². The molecule has 0 saturated carbocycles. The predicted molar refractivity (Wildman–Crippen MR) is 116 cm³/mol. The lowest BCUT2D eigenvalue weighted by molar-refractivity contribution is -0.141. The summed E-state index contributed by atoms with van der Waals surface area (Å²) in [6.07, 6.45) is 0.563. The highest BCUT2D eigenvalue weighted by atomic mass is 32.2. The third kappa shape index (κ3) is 6.21. The summed E-state index contributed by atoms with van der Waals surface area (Å²) >= 11 is 7.88. The fraction of sp³-hybridized carbons (Fsp3) is 0.333. The lowest BCUT2D eigenvalue weighted by Gasteiger charge is -2.20. The molecular formula is C18H21N3O5S3. The Balaban J connectivity index is 1.82. The van der Waals surface area contributed by atoms with Crippen LogP contribution < -0.4 is 15.5 Å². The molecule has 0 saturated heterocycles. The van der Waals surface area contributed by atoms with E-state index in [0.717, 1.165) is 26.3 Å². The molecule has 1 atom stereocenters. The Morgan fingerprint density at radius 1 is 1.55 bits per heavy atom. The van der Waals surface area contributed by atoms with Gasteiger partial charge in [0.15, 0.2) is 0 Å². The molecule has 3 rings (SSSR count). The molecule has 8 nitrogen and oxygen atoms in total. The summed E-state index contributed by atoms with van der Waals surface area (Å²) in [7, 11) is 1.33. The minimum atomic E-state index is -0.353. The molecule has 2 aromatic rings. The van der Waals surface area contributed by atoms with Crippen molar-refractivity contribution >= 4 is 58.0 Å². The smallest absolute Gasteiger partial charge is 0.308 e. The second kappa shape index (κ2) is 10.1. The number of hydrogen-bond donors (Lipinski definition) is 3. The van der Waals surface area contributed by atoms with Crippen LogP contribution in [0.3, 0.4) is 0 Å². The summed E-state index contributed by atoms with van der Waals surface area (Å²) in [6.45, 7) is 2.08. The van der Waals surface area contributed by atoms with Crippen LogP contribution in [0.5, 0.6) is 5.75 Å². The van der Waals surface area contributed by atoms with Gasteiger partial charge < -0.3 is 19.5 Å². The van der Waals surface area contributed by atoms with Crippen molar-refractivity contribution in [1.29, 1.82) is 0 Å². The maximum atomic E-state index is 11.3. The van der Waals surface area contributed by atoms with Crippen molar-refractivity contribution in [3.63, 3.8) is 0 Å². The highest BCUT2D eigenvalue weighted by Gasteiger charge is 2.22. The molecule has 0 spiro atoms. The first-order chi connectivity index (χ1) is 13.9. The summed E-state index contributed by atoms with van der Waals surface area (Å²) in [5, 5.41) is 15.6. The quantitative estimate of drug-likeness (QED) is 0.234. The summed E-state index contributed by atoms with van der Waals surface area (Å²) in [4.78, 5) is 11.3. The molecule has 3 N–H and O–H groups in total. The number of anilines is 2. The number of carbonyl (C=O) groups excluding carboxylic acids is 1. The van der Waals surface area contributed by atoms with Crippen molar-refractivity contribution in [3.05, 3.63) is 35.2 Å². The van der Waals surface area contributed by atoms with Gasteiger partial charge in [-0.05, 0) is 35.2 Å². The second-order valence-corrected chi connectivity index (χ2v) is 8.67. The largest absolute Gasteiger partial charge is 0.493 e. The maximum absolute atomic E-state index is 11.3. The minimum Gasteiger partial charge on any atom is -0.493 e. The number of fused-ring (bicyclic) bond motifs is 1. The summed E-state index contributed by atoms with van der Waals surface area (Å²) in [5.41, 5.74) is 5.21. The standard InChI is InChI=1S/C18H21N3O5S3/c1-11-8-13-14(19-18(27)26-11)9-12(25-6-5-16(22)24-2)10-15(13)20-21(23)29-17-4-3-7-28-17/h3-4,7,9-11,20,23H,5-6,8H2,1-2H3,(H,19,27). The molecule has 0 aliphatic carbocycles. The first kappa shape index (κ1) is 21.7. The molecule has 0 fully saturated rings. The molecular weight excluding hydrogens is 434 g/mol. The van der Waals surface area contributed by atoms with Crippen molar-refractivity contribution in [3.8, 4) is 5.75 Å². The lowest BCUT2D eigenvalue weighted by atomic mass is 10.0. The third-order valence-corrected chi connectivity index (χ3v) is 5.90. The van der Waals surface area contributed by atoms with E-state index in [2.05, 4.69) is 15.5 Å². The molecule has 156 valence electrons. The van der Waals surface area contributed by atoms with Gasteiger partial charge in [-0.25, -0.2) is 0 Å². The Hall–Kier alpha value is -2.05. The zero-order valence-electron chi connectivity index (χ0n) is 15.8. The summed E-state index contributed by atoms with van der Waals surface area (Å²) in [5.74, 6) is 0.156. The third-order valence-electron chi connectivity index (χ3n) is 3.95. The number of nitrogens with one attached hydrogen (secondary N) is 2. The Morgan fingerprint density at radius 3 is 3.10 bits per heavy atom. The molecule has 1 aromatic heterocycles. The van der Waals surface area contributed by atoms with Gasteiger partial charge in [-0.1, -0.05) is 6.07 Å². The average Bonchev–Trinajstić information content (AvgIpc) is 3.11. The Bertz CT molecular complexity index is 863. The molecule has 0 bridgehead atoms. The van der Waals surface area contributed by atoms with Gasteiger partial charge in [-0.3, -0.25) is 15.4 Å². The number of thiophene rings is 1. The van der Waals surface area contributed by atoms with Gasteiger partial charge in [-0.2, -0.15) is 0 Å². The van der Waals surface area contributed by atoms with Gasteiger partial charge in [-0.15, -0.1) is 11.3 Å². The molecule has 1 aliphatic rings. The topological polar surface area (TPSA) is 92.3 Å². The number of nitrogens with zero attached hydrogens (tertiary/aromatic N) is 1. The van der Waals surface area contributed by atoms with Crippen LogP contribution in [0.25, 0.3) is 0 Å². The molecule has 0 radical (unpaired) electrons. The van der Waals surface area contributed by atoms with Gasteiger partial charge in [0.2, 0.25) is 0 Å². The van der Waals surface area contributed by atoms with Crippen molar-refractivity contribution in [1.82, 2.24) is 4.58 Å². The van der Waals surface area contributed by atoms with Crippen LogP contribution in [-0.2, 0) is 20.7 Å². The molecule has 11 heteroatoms. The van der Waals surface area contributed by atoms with Crippen molar-refractivity contribution in [2.75, 3.05) is 24.5 Å². The number of hydrogen-bond acceptors (Lipinski definition) is 10. The molecule has 1 unspecified atom stereocenters. The normalized spacial score (nSPS) is 15.7. The Morgan fingerprint density at radius 2 is 2.38 bits per heavy atom. The zero-order chi connectivity index (χ0) is 20.8. The van der Waals surface area contributed by atoms with Gasteiger partial charge in [0, 0.05) is 36.1 Å². The van der Waals surface area contributed by atoms with E-state index in [1.54, 1.807) is 12.1 Å². The van der Waals surface area contributed by atoms with Gasteiger partial charge in [0.05, 0.1) is 35.7 Å². The van der Waals surface area contributed by atoms with Crippen molar-refractivity contribution in [2.24, 2.45) is 0 Å². The predicted octanol–water partition coefficient (Wildman–Crippen LogP) is 4.07.